The predicted octanol–water partition coefficient (Wildman–Crippen LogP) is 0.156. The third-order valence-electron chi connectivity index (χ3n) is 0.689. The molecular formula is C5H5ClO3. The third kappa shape index (κ3) is 2.31. The molecule has 0 aromatic heterocycles. The first-order chi connectivity index (χ1) is 4.26. The van der Waals surface area contributed by atoms with Crippen molar-refractivity contribution in [3.8, 4) is 0 Å². The molecule has 0 aliphatic carbocycles. The van der Waals surface area contributed by atoms with Crippen LogP contribution in [0.4, 0.5) is 0 Å². The molecule has 0 atom stereocenters. The average Bonchev–Trinajstić information content (AvgIpc) is 1.90. The van der Waals surface area contributed by atoms with E-state index in [4.69, 9.17) is 11.6 Å². The summed E-state index contributed by atoms with van der Waals surface area (Å²) >= 11 is 5.14. The minimum Gasteiger partial charge on any atom is -0.465 e. The molecule has 0 bridgehead atoms. The second-order valence-electron chi connectivity index (χ2n) is 1.21. The van der Waals surface area contributed by atoms with Crippen LogP contribution in [0.2, 0.25) is 0 Å². The van der Waals surface area contributed by atoms with Crippen LogP contribution in [-0.2, 0) is 14.3 Å². The highest BCUT2D eigenvalue weighted by Gasteiger charge is 2.07. The molecule has 0 spiro atoms. The molecule has 9 heavy (non-hydrogen) atoms. The molecule has 0 saturated carbocycles. The maximum Gasteiger partial charge on any atom is 0.346 e. The van der Waals surface area contributed by atoms with Crippen LogP contribution >= 0.6 is 11.6 Å². The van der Waals surface area contributed by atoms with Crippen LogP contribution in [-0.4, -0.2) is 24.9 Å². The Morgan fingerprint density at radius 2 is 2.33 bits per heavy atom. The number of esters is 1. The van der Waals surface area contributed by atoms with Gasteiger partial charge in [-0.05, 0) is 0 Å². The maximum absolute atomic E-state index is 10.4. The molecule has 0 aromatic rings. The first kappa shape index (κ1) is 8.21. The number of alkyl halides is 1. The minimum absolute atomic E-state index is 0.157. The lowest BCUT2D eigenvalue weighted by atomic mass is 10.4. The first-order valence-corrected chi connectivity index (χ1v) is 2.68. The molecule has 50 valence electrons. The Bertz CT molecular complexity index is 158. The summed E-state index contributed by atoms with van der Waals surface area (Å²) in [6.07, 6.45) is 0. The molecule has 0 aliphatic rings. The van der Waals surface area contributed by atoms with Crippen molar-refractivity contribution < 1.29 is 14.3 Å². The van der Waals surface area contributed by atoms with Gasteiger partial charge in [-0.3, -0.25) is 0 Å². The summed E-state index contributed by atoms with van der Waals surface area (Å²) < 4.78 is 4.17. The van der Waals surface area contributed by atoms with Gasteiger partial charge in [0.05, 0.1) is 13.0 Å². The van der Waals surface area contributed by atoms with Crippen molar-refractivity contribution in [1.29, 1.82) is 0 Å². The fourth-order valence-electron chi connectivity index (χ4n) is 0.247. The molecule has 3 nitrogen and oxygen atoms in total. The van der Waals surface area contributed by atoms with Crippen molar-refractivity contribution in [1.82, 2.24) is 0 Å². The van der Waals surface area contributed by atoms with Gasteiger partial charge in [-0.2, -0.15) is 0 Å². The van der Waals surface area contributed by atoms with Gasteiger partial charge < -0.3 is 4.74 Å². The molecule has 0 radical (unpaired) electrons. The normalized spacial score (nSPS) is 7.78. The Morgan fingerprint density at radius 3 is 2.44 bits per heavy atom. The summed E-state index contributed by atoms with van der Waals surface area (Å²) in [4.78, 5) is 20.2. The molecule has 0 aliphatic heterocycles. The van der Waals surface area contributed by atoms with Crippen LogP contribution in [0, 0.1) is 0 Å². The third-order valence-corrected chi connectivity index (χ3v) is 0.956. The van der Waals surface area contributed by atoms with E-state index < -0.39 is 5.97 Å². The van der Waals surface area contributed by atoms with Gasteiger partial charge in [0.1, 0.15) is 11.5 Å². The molecule has 0 heterocycles. The smallest absolute Gasteiger partial charge is 0.346 e. The zero-order chi connectivity index (χ0) is 7.28. The molecule has 0 fully saturated rings. The Labute approximate surface area is 57.2 Å². The highest BCUT2D eigenvalue weighted by molar-refractivity contribution is 6.23. The number of carbonyl (C=O) groups is 1. The Morgan fingerprint density at radius 1 is 1.78 bits per heavy atom. The van der Waals surface area contributed by atoms with Crippen molar-refractivity contribution in [3.05, 3.63) is 5.57 Å². The van der Waals surface area contributed by atoms with E-state index >= 15 is 0 Å². The largest absolute Gasteiger partial charge is 0.465 e. The lowest BCUT2D eigenvalue weighted by molar-refractivity contribution is -0.135. The van der Waals surface area contributed by atoms with E-state index in [9.17, 15) is 9.59 Å². The van der Waals surface area contributed by atoms with E-state index in [0.29, 0.717) is 0 Å². The molecule has 0 saturated heterocycles. The van der Waals surface area contributed by atoms with Crippen LogP contribution < -0.4 is 0 Å². The number of hydrogen-bond donors (Lipinski definition) is 0. The van der Waals surface area contributed by atoms with Crippen LogP contribution in [0.5, 0.6) is 0 Å². The fraction of sp³-hybridized carbons (Fsp3) is 0.400. The predicted molar refractivity (Wildman–Crippen MR) is 31.9 cm³/mol. The standard InChI is InChI=1S/C5H5ClO3/c1-9-5(8)4(2-6)3-7/h2H2,1H3. The van der Waals surface area contributed by atoms with Gasteiger partial charge in [-0.1, -0.05) is 0 Å². The molecule has 0 aromatic carbocycles. The minimum atomic E-state index is -0.722. The van der Waals surface area contributed by atoms with Crippen molar-refractivity contribution in [2.45, 2.75) is 0 Å². The monoisotopic (exact) mass is 148 g/mol. The van der Waals surface area contributed by atoms with Crippen molar-refractivity contribution in [2.24, 2.45) is 0 Å². The number of rotatable bonds is 2. The number of carbonyl (C=O) groups excluding carboxylic acids is 2. The van der Waals surface area contributed by atoms with E-state index in [1.165, 1.54) is 13.1 Å². The summed E-state index contributed by atoms with van der Waals surface area (Å²) in [5, 5.41) is 0. The van der Waals surface area contributed by atoms with Crippen molar-refractivity contribution >= 4 is 23.5 Å². The molecule has 0 amide bonds. The van der Waals surface area contributed by atoms with Crippen LogP contribution in [0.15, 0.2) is 5.57 Å². The molecule has 0 unspecified atom stereocenters. The Hall–Kier alpha value is -0.790. The maximum atomic E-state index is 10.4. The number of methoxy groups -OCH3 is 1. The van der Waals surface area contributed by atoms with Gasteiger partial charge in [-0.15, -0.1) is 11.6 Å². The van der Waals surface area contributed by atoms with Gasteiger partial charge in [0.15, 0.2) is 0 Å². The summed E-state index contributed by atoms with van der Waals surface area (Å²) in [5.41, 5.74) is -0.181. The zero-order valence-corrected chi connectivity index (χ0v) is 5.57. The molecule has 4 heteroatoms. The number of hydrogen-bond acceptors (Lipinski definition) is 3. The van der Waals surface area contributed by atoms with Crippen molar-refractivity contribution in [3.63, 3.8) is 0 Å². The molecular weight excluding hydrogens is 144 g/mol. The lowest BCUT2D eigenvalue weighted by Crippen LogP contribution is -2.06. The lowest BCUT2D eigenvalue weighted by Gasteiger charge is -1.92. The fourth-order valence-corrected chi connectivity index (χ4v) is 0.410. The van der Waals surface area contributed by atoms with E-state index in [-0.39, 0.29) is 11.5 Å². The average molecular weight is 149 g/mol. The Balaban J connectivity index is 4.14. The number of halogens is 1. The van der Waals surface area contributed by atoms with Crippen LogP contribution in [0.25, 0.3) is 0 Å². The van der Waals surface area contributed by atoms with Gasteiger partial charge in [-0.25, -0.2) is 9.59 Å². The SMILES string of the molecule is COC(=O)C(=C=O)CCl. The summed E-state index contributed by atoms with van der Waals surface area (Å²) in [6.45, 7) is 0. The van der Waals surface area contributed by atoms with Gasteiger partial charge >= 0.3 is 5.97 Å². The quantitative estimate of drug-likeness (QED) is 0.242. The number of ether oxygens (including phenoxy) is 1. The van der Waals surface area contributed by atoms with Crippen LogP contribution in [0.1, 0.15) is 0 Å². The van der Waals surface area contributed by atoms with E-state index in [0.717, 1.165) is 0 Å². The van der Waals surface area contributed by atoms with Crippen LogP contribution in [0.3, 0.4) is 0 Å². The van der Waals surface area contributed by atoms with Crippen molar-refractivity contribution in [2.75, 3.05) is 13.0 Å². The topological polar surface area (TPSA) is 43.4 Å². The van der Waals surface area contributed by atoms with Gasteiger partial charge in [0.2, 0.25) is 0 Å². The summed E-state index contributed by atoms with van der Waals surface area (Å²) in [5.74, 6) is 0.484. The second-order valence-corrected chi connectivity index (χ2v) is 1.47. The van der Waals surface area contributed by atoms with E-state index in [2.05, 4.69) is 4.74 Å². The van der Waals surface area contributed by atoms with E-state index in [1.807, 2.05) is 0 Å². The van der Waals surface area contributed by atoms with Gasteiger partial charge in [0.25, 0.3) is 0 Å². The second kappa shape index (κ2) is 4.13. The molecule has 0 rings (SSSR count). The molecule has 0 N–H and O–H groups in total. The highest BCUT2D eigenvalue weighted by Crippen LogP contribution is 1.93. The van der Waals surface area contributed by atoms with Gasteiger partial charge in [0, 0.05) is 0 Å². The summed E-state index contributed by atoms with van der Waals surface area (Å²) in [7, 11) is 1.17. The first-order valence-electron chi connectivity index (χ1n) is 2.14. The summed E-state index contributed by atoms with van der Waals surface area (Å²) in [6, 6.07) is 0. The highest BCUT2D eigenvalue weighted by atomic mass is 35.5. The van der Waals surface area contributed by atoms with E-state index in [1.54, 1.807) is 0 Å². The zero-order valence-electron chi connectivity index (χ0n) is 4.81. The Kier molecular flexibility index (Phi) is 3.76.